The second-order valence-electron chi connectivity index (χ2n) is 2.61. The molecule has 2 aliphatic rings. The number of hydrogen-bond acceptors (Lipinski definition) is 3. The Labute approximate surface area is 54.3 Å². The van der Waals surface area contributed by atoms with Crippen LogP contribution in [0.1, 0.15) is 6.92 Å². The Morgan fingerprint density at radius 1 is 1.22 bits per heavy atom. The fourth-order valence-corrected chi connectivity index (χ4v) is 1.07. The molecule has 0 bridgehead atoms. The molecule has 0 spiro atoms. The van der Waals surface area contributed by atoms with Crippen LogP contribution in [0.25, 0.3) is 0 Å². The maximum atomic E-state index is 5.27. The molecule has 0 saturated carbocycles. The summed E-state index contributed by atoms with van der Waals surface area (Å²) in [6.07, 6.45) is -0.000370. The molecule has 52 valence electrons. The predicted octanol–water partition coefficient (Wildman–Crippen LogP) is -0.280. The van der Waals surface area contributed by atoms with Gasteiger partial charge in [0.05, 0.1) is 13.2 Å². The van der Waals surface area contributed by atoms with Crippen molar-refractivity contribution >= 4 is 0 Å². The van der Waals surface area contributed by atoms with Crippen molar-refractivity contribution in [3.63, 3.8) is 0 Å². The van der Waals surface area contributed by atoms with Gasteiger partial charge < -0.3 is 14.8 Å². The topological polar surface area (TPSA) is 40.4 Å². The Morgan fingerprint density at radius 2 is 1.78 bits per heavy atom. The van der Waals surface area contributed by atoms with Crippen molar-refractivity contribution in [1.29, 1.82) is 0 Å². The van der Waals surface area contributed by atoms with Gasteiger partial charge >= 0.3 is 0 Å². The van der Waals surface area contributed by atoms with Crippen LogP contribution in [0.5, 0.6) is 0 Å². The van der Waals surface area contributed by atoms with Gasteiger partial charge in [-0.3, -0.25) is 0 Å². The highest BCUT2D eigenvalue weighted by atomic mass is 16.7. The number of hydrogen-bond donors (Lipinski definition) is 1. The lowest BCUT2D eigenvalue weighted by Gasteiger charge is -2.09. The molecule has 1 N–H and O–H groups in total. The van der Waals surface area contributed by atoms with E-state index in [1.165, 1.54) is 0 Å². The molecule has 3 heteroatoms. The average Bonchev–Trinajstić information content (AvgIpc) is 2.54. The SMILES string of the molecule is CC1OCC2NC2CO1. The van der Waals surface area contributed by atoms with Crippen molar-refractivity contribution in [2.24, 2.45) is 0 Å². The van der Waals surface area contributed by atoms with Gasteiger partial charge in [0.25, 0.3) is 0 Å². The molecule has 0 aromatic heterocycles. The molecule has 2 unspecified atom stereocenters. The average molecular weight is 129 g/mol. The van der Waals surface area contributed by atoms with Gasteiger partial charge in [0, 0.05) is 12.1 Å². The Bertz CT molecular complexity index is 102. The van der Waals surface area contributed by atoms with E-state index in [-0.39, 0.29) is 6.29 Å². The van der Waals surface area contributed by atoms with Gasteiger partial charge in [-0.05, 0) is 6.92 Å². The van der Waals surface area contributed by atoms with Gasteiger partial charge in [-0.1, -0.05) is 0 Å². The Hall–Kier alpha value is -0.120. The summed E-state index contributed by atoms with van der Waals surface area (Å²) in [5.74, 6) is 0. The molecule has 0 aliphatic carbocycles. The third-order valence-electron chi connectivity index (χ3n) is 1.83. The van der Waals surface area contributed by atoms with Crippen LogP contribution in [-0.4, -0.2) is 31.6 Å². The van der Waals surface area contributed by atoms with Crippen LogP contribution in [-0.2, 0) is 9.47 Å². The third kappa shape index (κ3) is 1.08. The molecule has 3 nitrogen and oxygen atoms in total. The van der Waals surface area contributed by atoms with Gasteiger partial charge in [-0.25, -0.2) is 0 Å². The summed E-state index contributed by atoms with van der Waals surface area (Å²) in [5.41, 5.74) is 0. The molecule has 9 heavy (non-hydrogen) atoms. The highest BCUT2D eigenvalue weighted by Crippen LogP contribution is 2.16. The van der Waals surface area contributed by atoms with Crippen LogP contribution in [0.3, 0.4) is 0 Å². The molecule has 0 aromatic carbocycles. The summed E-state index contributed by atoms with van der Waals surface area (Å²) in [5, 5.41) is 3.24. The van der Waals surface area contributed by atoms with Crippen LogP contribution < -0.4 is 5.32 Å². The minimum absolute atomic E-state index is 0.000370. The number of nitrogens with one attached hydrogen (secondary N) is 1. The first-order valence-corrected chi connectivity index (χ1v) is 3.35. The van der Waals surface area contributed by atoms with Crippen LogP contribution in [0.15, 0.2) is 0 Å². The first kappa shape index (κ1) is 5.65. The highest BCUT2D eigenvalue weighted by Gasteiger charge is 2.39. The zero-order valence-corrected chi connectivity index (χ0v) is 5.46. The van der Waals surface area contributed by atoms with Crippen molar-refractivity contribution < 1.29 is 9.47 Å². The quantitative estimate of drug-likeness (QED) is 0.457. The van der Waals surface area contributed by atoms with Crippen LogP contribution >= 0.6 is 0 Å². The minimum atomic E-state index is -0.000370. The van der Waals surface area contributed by atoms with Crippen molar-refractivity contribution in [3.8, 4) is 0 Å². The summed E-state index contributed by atoms with van der Waals surface area (Å²) in [6.45, 7) is 3.56. The van der Waals surface area contributed by atoms with Crippen molar-refractivity contribution in [2.75, 3.05) is 13.2 Å². The predicted molar refractivity (Wildman–Crippen MR) is 32.1 cm³/mol. The van der Waals surface area contributed by atoms with E-state index in [1.54, 1.807) is 0 Å². The zero-order chi connectivity index (χ0) is 6.27. The number of ether oxygens (including phenoxy) is 2. The molecule has 2 fully saturated rings. The van der Waals surface area contributed by atoms with Crippen molar-refractivity contribution in [1.82, 2.24) is 5.32 Å². The van der Waals surface area contributed by atoms with E-state index in [2.05, 4.69) is 5.32 Å². The molecular formula is C6H11NO2. The summed E-state index contributed by atoms with van der Waals surface area (Å²) in [4.78, 5) is 0. The monoisotopic (exact) mass is 129 g/mol. The van der Waals surface area contributed by atoms with Gasteiger partial charge in [0.1, 0.15) is 0 Å². The Morgan fingerprint density at radius 3 is 2.33 bits per heavy atom. The second-order valence-corrected chi connectivity index (χ2v) is 2.61. The molecule has 0 aromatic rings. The van der Waals surface area contributed by atoms with Gasteiger partial charge in [0.15, 0.2) is 6.29 Å². The van der Waals surface area contributed by atoms with E-state index in [4.69, 9.17) is 9.47 Å². The molecule has 0 radical (unpaired) electrons. The van der Waals surface area contributed by atoms with E-state index in [0.29, 0.717) is 12.1 Å². The van der Waals surface area contributed by atoms with E-state index in [9.17, 15) is 0 Å². The maximum Gasteiger partial charge on any atom is 0.154 e. The lowest BCUT2D eigenvalue weighted by Crippen LogP contribution is -2.15. The summed E-state index contributed by atoms with van der Waals surface area (Å²) < 4.78 is 10.5. The lowest BCUT2D eigenvalue weighted by molar-refractivity contribution is -0.118. The van der Waals surface area contributed by atoms with E-state index in [1.807, 2.05) is 6.92 Å². The summed E-state index contributed by atoms with van der Waals surface area (Å²) in [7, 11) is 0. The minimum Gasteiger partial charge on any atom is -0.351 e. The maximum absolute atomic E-state index is 5.27. The Kier molecular flexibility index (Phi) is 1.22. The van der Waals surface area contributed by atoms with Gasteiger partial charge in [-0.15, -0.1) is 0 Å². The third-order valence-corrected chi connectivity index (χ3v) is 1.83. The largest absolute Gasteiger partial charge is 0.351 e. The molecule has 0 amide bonds. The van der Waals surface area contributed by atoms with Crippen LogP contribution in [0.4, 0.5) is 0 Å². The smallest absolute Gasteiger partial charge is 0.154 e. The van der Waals surface area contributed by atoms with Gasteiger partial charge in [0.2, 0.25) is 0 Å². The van der Waals surface area contributed by atoms with Crippen LogP contribution in [0.2, 0.25) is 0 Å². The normalized spacial score (nSPS) is 49.7. The van der Waals surface area contributed by atoms with E-state index < -0.39 is 0 Å². The number of fused-ring (bicyclic) bond motifs is 1. The first-order valence-electron chi connectivity index (χ1n) is 3.35. The highest BCUT2D eigenvalue weighted by molar-refractivity contribution is 4.98. The standard InChI is InChI=1S/C6H11NO2/c1-4-8-2-5-6(7-5)3-9-4/h4-7H,2-3H2,1H3. The van der Waals surface area contributed by atoms with E-state index in [0.717, 1.165) is 13.2 Å². The molecule has 2 atom stereocenters. The lowest BCUT2D eigenvalue weighted by atomic mass is 10.3. The zero-order valence-electron chi connectivity index (χ0n) is 5.46. The van der Waals surface area contributed by atoms with Crippen LogP contribution in [0, 0.1) is 0 Å². The fourth-order valence-electron chi connectivity index (χ4n) is 1.07. The summed E-state index contributed by atoms with van der Waals surface area (Å²) in [6, 6.07) is 1.16. The second kappa shape index (κ2) is 1.94. The molecule has 2 saturated heterocycles. The Balaban J connectivity index is 1.89. The first-order chi connectivity index (χ1) is 4.36. The molecule has 2 heterocycles. The molecular weight excluding hydrogens is 118 g/mol. The molecule has 2 aliphatic heterocycles. The summed E-state index contributed by atoms with van der Waals surface area (Å²) >= 11 is 0. The van der Waals surface area contributed by atoms with Crippen molar-refractivity contribution in [2.45, 2.75) is 25.3 Å². The van der Waals surface area contributed by atoms with Crippen molar-refractivity contribution in [3.05, 3.63) is 0 Å². The molecule has 2 rings (SSSR count). The van der Waals surface area contributed by atoms with E-state index >= 15 is 0 Å². The fraction of sp³-hybridized carbons (Fsp3) is 1.00. The van der Waals surface area contributed by atoms with Gasteiger partial charge in [-0.2, -0.15) is 0 Å². The number of rotatable bonds is 0.